The van der Waals surface area contributed by atoms with Crippen LogP contribution < -0.4 is 5.73 Å². The molecule has 0 aliphatic heterocycles. The molecule has 60 valence electrons. The summed E-state index contributed by atoms with van der Waals surface area (Å²) in [6.07, 6.45) is 3.43. The molecular weight excluding hydrogens is 152 g/mol. The third-order valence-electron chi connectivity index (χ3n) is 1.69. The summed E-state index contributed by atoms with van der Waals surface area (Å²) in [6.45, 7) is 0. The molecule has 2 rings (SSSR count). The van der Waals surface area contributed by atoms with Crippen LogP contribution in [0.3, 0.4) is 0 Å². The predicted molar refractivity (Wildman–Crippen MR) is 46.2 cm³/mol. The highest BCUT2D eigenvalue weighted by molar-refractivity contribution is 5.95. The summed E-state index contributed by atoms with van der Waals surface area (Å²) in [4.78, 5) is 0. The predicted octanol–water partition coefficient (Wildman–Crippen LogP) is 0.618. The fraction of sp³-hybridized carbons (Fsp3) is 0. The highest BCUT2D eigenvalue weighted by Gasteiger charge is 1.98. The van der Waals surface area contributed by atoms with Gasteiger partial charge in [-0.2, -0.15) is 5.10 Å². The van der Waals surface area contributed by atoms with E-state index >= 15 is 0 Å². The van der Waals surface area contributed by atoms with Gasteiger partial charge in [0.05, 0.1) is 11.7 Å². The monoisotopic (exact) mass is 160 g/mol. The summed E-state index contributed by atoms with van der Waals surface area (Å²) in [5.41, 5.74) is 6.91. The molecule has 12 heavy (non-hydrogen) atoms. The molecule has 0 fully saturated rings. The van der Waals surface area contributed by atoms with Gasteiger partial charge < -0.3 is 5.73 Å². The SMILES string of the molecule is N=C(N)c1cnn2cccc2c1. The number of aromatic nitrogens is 2. The zero-order valence-electron chi connectivity index (χ0n) is 6.36. The number of nitrogen functional groups attached to an aromatic ring is 1. The molecule has 0 unspecified atom stereocenters. The third-order valence-corrected chi connectivity index (χ3v) is 1.69. The fourth-order valence-corrected chi connectivity index (χ4v) is 1.07. The Morgan fingerprint density at radius 3 is 3.17 bits per heavy atom. The second-order valence-corrected chi connectivity index (χ2v) is 2.54. The summed E-state index contributed by atoms with van der Waals surface area (Å²) in [5, 5.41) is 11.3. The Kier molecular flexibility index (Phi) is 1.33. The summed E-state index contributed by atoms with van der Waals surface area (Å²) in [6, 6.07) is 5.64. The van der Waals surface area contributed by atoms with Crippen LogP contribution >= 0.6 is 0 Å². The van der Waals surface area contributed by atoms with E-state index in [9.17, 15) is 0 Å². The van der Waals surface area contributed by atoms with Crippen molar-refractivity contribution in [2.45, 2.75) is 0 Å². The molecule has 2 aromatic heterocycles. The Morgan fingerprint density at radius 2 is 2.42 bits per heavy atom. The van der Waals surface area contributed by atoms with Crippen LogP contribution in [0.15, 0.2) is 30.6 Å². The lowest BCUT2D eigenvalue weighted by Crippen LogP contribution is -2.11. The second-order valence-electron chi connectivity index (χ2n) is 2.54. The quantitative estimate of drug-likeness (QED) is 0.474. The molecule has 0 aliphatic carbocycles. The molecule has 0 spiro atoms. The standard InChI is InChI=1S/C8H8N4/c9-8(10)6-4-7-2-1-3-12(7)11-5-6/h1-5H,(H3,9,10). The molecule has 3 N–H and O–H groups in total. The van der Waals surface area contributed by atoms with Crippen LogP contribution in [0.25, 0.3) is 5.52 Å². The van der Waals surface area contributed by atoms with E-state index in [-0.39, 0.29) is 5.84 Å². The molecule has 2 heterocycles. The van der Waals surface area contributed by atoms with Gasteiger partial charge in [0.25, 0.3) is 0 Å². The number of nitrogens with one attached hydrogen (secondary N) is 1. The van der Waals surface area contributed by atoms with Crippen LogP contribution in [0.5, 0.6) is 0 Å². The molecule has 4 heteroatoms. The fourth-order valence-electron chi connectivity index (χ4n) is 1.07. The van der Waals surface area contributed by atoms with Gasteiger partial charge in [-0.05, 0) is 18.2 Å². The molecule has 0 atom stereocenters. The summed E-state index contributed by atoms with van der Waals surface area (Å²) >= 11 is 0. The highest BCUT2D eigenvalue weighted by Crippen LogP contribution is 2.04. The van der Waals surface area contributed by atoms with E-state index in [1.165, 1.54) is 0 Å². The highest BCUT2D eigenvalue weighted by atomic mass is 15.2. The van der Waals surface area contributed by atoms with Crippen LogP contribution in [0.4, 0.5) is 0 Å². The van der Waals surface area contributed by atoms with Crippen molar-refractivity contribution in [3.8, 4) is 0 Å². The first-order valence-electron chi connectivity index (χ1n) is 3.55. The number of rotatable bonds is 1. The van der Waals surface area contributed by atoms with Gasteiger partial charge in [0.1, 0.15) is 5.84 Å². The zero-order chi connectivity index (χ0) is 8.55. The lowest BCUT2D eigenvalue weighted by Gasteiger charge is -1.97. The number of hydrogen-bond donors (Lipinski definition) is 2. The number of nitrogens with zero attached hydrogens (tertiary/aromatic N) is 2. The van der Waals surface area contributed by atoms with E-state index in [4.69, 9.17) is 11.1 Å². The van der Waals surface area contributed by atoms with E-state index in [0.29, 0.717) is 5.56 Å². The summed E-state index contributed by atoms with van der Waals surface area (Å²) in [7, 11) is 0. The minimum atomic E-state index is 0.0474. The number of amidine groups is 1. The van der Waals surface area contributed by atoms with Gasteiger partial charge in [-0.15, -0.1) is 0 Å². The molecule has 0 saturated heterocycles. The van der Waals surface area contributed by atoms with Gasteiger partial charge in [0, 0.05) is 11.8 Å². The van der Waals surface area contributed by atoms with Gasteiger partial charge in [-0.25, -0.2) is 4.52 Å². The maximum atomic E-state index is 7.19. The van der Waals surface area contributed by atoms with Gasteiger partial charge in [-0.3, -0.25) is 5.41 Å². The van der Waals surface area contributed by atoms with Crippen molar-refractivity contribution in [2.24, 2.45) is 5.73 Å². The molecule has 0 bridgehead atoms. The lowest BCUT2D eigenvalue weighted by molar-refractivity contribution is 0.938. The summed E-state index contributed by atoms with van der Waals surface area (Å²) in [5.74, 6) is 0.0474. The van der Waals surface area contributed by atoms with Crippen LogP contribution in [-0.2, 0) is 0 Å². The van der Waals surface area contributed by atoms with Crippen LogP contribution in [-0.4, -0.2) is 15.4 Å². The average molecular weight is 160 g/mol. The molecule has 4 nitrogen and oxygen atoms in total. The molecule has 0 aliphatic rings. The Bertz CT molecular complexity index is 429. The zero-order valence-corrected chi connectivity index (χ0v) is 6.36. The normalized spacial score (nSPS) is 10.3. The largest absolute Gasteiger partial charge is 0.384 e. The molecule has 2 aromatic rings. The smallest absolute Gasteiger partial charge is 0.124 e. The molecule has 0 radical (unpaired) electrons. The number of nitrogens with two attached hydrogens (primary N) is 1. The van der Waals surface area contributed by atoms with E-state index in [1.807, 2.05) is 24.4 Å². The molecule has 0 saturated carbocycles. The van der Waals surface area contributed by atoms with Crippen molar-refractivity contribution in [1.82, 2.24) is 9.61 Å². The van der Waals surface area contributed by atoms with Gasteiger partial charge in [0.2, 0.25) is 0 Å². The van der Waals surface area contributed by atoms with Crippen molar-refractivity contribution in [1.29, 1.82) is 5.41 Å². The Balaban J connectivity index is 2.68. The summed E-state index contributed by atoms with van der Waals surface area (Å²) < 4.78 is 1.73. The van der Waals surface area contributed by atoms with Crippen molar-refractivity contribution in [2.75, 3.05) is 0 Å². The first-order chi connectivity index (χ1) is 5.77. The van der Waals surface area contributed by atoms with Crippen LogP contribution in [0, 0.1) is 5.41 Å². The van der Waals surface area contributed by atoms with Crippen LogP contribution in [0.2, 0.25) is 0 Å². The lowest BCUT2D eigenvalue weighted by atomic mass is 10.3. The Morgan fingerprint density at radius 1 is 1.58 bits per heavy atom. The Labute approximate surface area is 69.1 Å². The van der Waals surface area contributed by atoms with E-state index in [0.717, 1.165) is 5.52 Å². The average Bonchev–Trinajstić information content (AvgIpc) is 2.49. The van der Waals surface area contributed by atoms with Crippen molar-refractivity contribution < 1.29 is 0 Å². The molecular formula is C8H8N4. The van der Waals surface area contributed by atoms with Crippen molar-refractivity contribution in [3.05, 3.63) is 36.2 Å². The van der Waals surface area contributed by atoms with Gasteiger partial charge in [0.15, 0.2) is 0 Å². The molecule has 0 aromatic carbocycles. The molecule has 0 amide bonds. The minimum Gasteiger partial charge on any atom is -0.384 e. The topological polar surface area (TPSA) is 67.2 Å². The third kappa shape index (κ3) is 0.934. The van der Waals surface area contributed by atoms with Gasteiger partial charge >= 0.3 is 0 Å². The first kappa shape index (κ1) is 6.84. The van der Waals surface area contributed by atoms with E-state index < -0.39 is 0 Å². The van der Waals surface area contributed by atoms with E-state index in [1.54, 1.807) is 10.7 Å². The first-order valence-corrected chi connectivity index (χ1v) is 3.55. The number of fused-ring (bicyclic) bond motifs is 1. The van der Waals surface area contributed by atoms with Gasteiger partial charge in [-0.1, -0.05) is 0 Å². The van der Waals surface area contributed by atoms with E-state index in [2.05, 4.69) is 5.10 Å². The van der Waals surface area contributed by atoms with Crippen molar-refractivity contribution in [3.63, 3.8) is 0 Å². The minimum absolute atomic E-state index is 0.0474. The maximum absolute atomic E-state index is 7.19. The second kappa shape index (κ2) is 2.34. The van der Waals surface area contributed by atoms with Crippen molar-refractivity contribution >= 4 is 11.4 Å². The Hall–Kier alpha value is -1.84. The number of hydrogen-bond acceptors (Lipinski definition) is 2. The van der Waals surface area contributed by atoms with Crippen LogP contribution in [0.1, 0.15) is 5.56 Å². The maximum Gasteiger partial charge on any atom is 0.124 e.